The highest BCUT2D eigenvalue weighted by Crippen LogP contribution is 1.13. The summed E-state index contributed by atoms with van der Waals surface area (Å²) in [6, 6.07) is 0. The Bertz CT molecular complexity index is 22.8. The lowest BCUT2D eigenvalue weighted by molar-refractivity contribution is 0.448. The fourth-order valence-electron chi connectivity index (χ4n) is 0. The van der Waals surface area contributed by atoms with E-state index < -0.39 is 0 Å². The minimum absolute atomic E-state index is 0. The van der Waals surface area contributed by atoms with Crippen molar-refractivity contribution in [3.8, 4) is 0 Å². The molecule has 0 aliphatic carbocycles. The molecule has 0 saturated heterocycles. The van der Waals surface area contributed by atoms with E-state index in [0.29, 0.717) is 0 Å². The lowest BCUT2D eigenvalue weighted by Gasteiger charge is -1.46. The third kappa shape index (κ3) is 50.9. The van der Waals surface area contributed by atoms with Crippen molar-refractivity contribution in [2.45, 2.75) is 0 Å². The van der Waals surface area contributed by atoms with Crippen LogP contribution in [0.15, 0.2) is 5.22 Å². The zero-order chi connectivity index (χ0) is 5.41. The second-order valence-corrected chi connectivity index (χ2v) is 0.245. The van der Waals surface area contributed by atoms with Crippen molar-refractivity contribution < 1.29 is 10.0 Å². The molecule has 0 spiro atoms. The first-order valence-corrected chi connectivity index (χ1v) is 0.998. The largest absolute Gasteiger partial charge is 0.482 e. The van der Waals surface area contributed by atoms with Crippen molar-refractivity contribution in [2.24, 2.45) is 11.1 Å². The lowest BCUT2D eigenvalue weighted by Crippen LogP contribution is -1.75. The summed E-state index contributed by atoms with van der Waals surface area (Å²) >= 11 is 0. The Morgan fingerprint density at radius 1 is 1.67 bits per heavy atom. The van der Waals surface area contributed by atoms with Gasteiger partial charge in [-0.15, -0.1) is 0 Å². The normalized spacial score (nSPS) is 4.33. The van der Waals surface area contributed by atoms with Gasteiger partial charge in [0.05, 0.1) is 0 Å². The Morgan fingerprint density at radius 3 is 1.67 bits per heavy atom. The fraction of sp³-hybridized carbons (Fsp3) is 0. The van der Waals surface area contributed by atoms with Crippen molar-refractivity contribution in [3.05, 3.63) is 0 Å². The number of hydrogen-bond acceptors (Lipinski definition) is 4. The van der Waals surface area contributed by atoms with E-state index in [1.165, 1.54) is 0 Å². The summed E-state index contributed by atoms with van der Waals surface area (Å²) in [7, 11) is 0. The summed E-state index contributed by atoms with van der Waals surface area (Å²) in [5.74, 6) is 4.14. The van der Waals surface area contributed by atoms with Crippen molar-refractivity contribution in [3.63, 3.8) is 0 Å². The smallest absolute Gasteiger partial charge is 0.429 e. The maximum absolute atomic E-state index is 7.00. The molecule has 5 N–H and O–H groups in total. The molecule has 35 valence electrons. The third-order valence-electron chi connectivity index (χ3n) is 0. The summed E-state index contributed by atoms with van der Waals surface area (Å²) in [5.41, 5.74) is 5.61. The maximum Gasteiger partial charge on any atom is 0.482 e. The third-order valence-corrected chi connectivity index (χ3v) is 0. The van der Waals surface area contributed by atoms with E-state index in [4.69, 9.17) is 15.6 Å². The zero-order valence-electron chi connectivity index (χ0n) is 3.00. The SMILES string of the molecule is N=NN.O[B]O. The van der Waals surface area contributed by atoms with E-state index in [0.717, 1.165) is 0 Å². The molecule has 0 aromatic carbocycles. The molecule has 0 saturated carbocycles. The van der Waals surface area contributed by atoms with Crippen LogP contribution in [0.2, 0.25) is 0 Å². The minimum atomic E-state index is 0. The number of nitrogens with two attached hydrogens (primary N) is 1. The monoisotopic (exact) mass is 90.0 g/mol. The lowest BCUT2D eigenvalue weighted by atomic mass is 10.5. The van der Waals surface area contributed by atoms with Crippen molar-refractivity contribution in [1.82, 2.24) is 0 Å². The Morgan fingerprint density at radius 2 is 1.67 bits per heavy atom. The van der Waals surface area contributed by atoms with Gasteiger partial charge in [-0.25, -0.2) is 0 Å². The van der Waals surface area contributed by atoms with E-state index in [9.17, 15) is 0 Å². The van der Waals surface area contributed by atoms with Crippen LogP contribution in [0.25, 0.3) is 0 Å². The van der Waals surface area contributed by atoms with Gasteiger partial charge in [-0.3, -0.25) is 0 Å². The van der Waals surface area contributed by atoms with Gasteiger partial charge in [-0.05, 0) is 0 Å². The van der Waals surface area contributed by atoms with E-state index >= 15 is 0 Å². The summed E-state index contributed by atoms with van der Waals surface area (Å²) in [6.45, 7) is 0. The van der Waals surface area contributed by atoms with Gasteiger partial charge >= 0.3 is 7.69 Å². The van der Waals surface area contributed by atoms with Crippen LogP contribution in [0.5, 0.6) is 0 Å². The summed E-state index contributed by atoms with van der Waals surface area (Å²) < 4.78 is 0. The maximum atomic E-state index is 7.00. The molecule has 0 heterocycles. The van der Waals surface area contributed by atoms with Crippen LogP contribution in [0, 0.1) is 5.53 Å². The first kappa shape index (κ1) is 9.04. The van der Waals surface area contributed by atoms with Gasteiger partial charge in [-0.1, -0.05) is 5.22 Å². The topological polar surface area (TPSA) is 103 Å². The van der Waals surface area contributed by atoms with Gasteiger partial charge in [-0.2, -0.15) is 5.53 Å². The van der Waals surface area contributed by atoms with Crippen LogP contribution < -0.4 is 5.84 Å². The molecule has 0 aliphatic rings. The molecule has 1 radical (unpaired) electrons. The number of rotatable bonds is 0. The number of hydrogen-bond donors (Lipinski definition) is 4. The Balaban J connectivity index is 0. The Labute approximate surface area is 35.6 Å². The van der Waals surface area contributed by atoms with Crippen LogP contribution in [0.1, 0.15) is 0 Å². The molecule has 0 fully saturated rings. The molecule has 0 amide bonds. The van der Waals surface area contributed by atoms with Crippen LogP contribution in [-0.2, 0) is 0 Å². The predicted molar refractivity (Wildman–Crippen MR) is 19.5 cm³/mol. The van der Waals surface area contributed by atoms with E-state index in [1.54, 1.807) is 0 Å². The molecule has 5 nitrogen and oxygen atoms in total. The van der Waals surface area contributed by atoms with Crippen LogP contribution in [0.4, 0.5) is 0 Å². The standard InChI is InChI=1S/BH2O2.H3N3/c2-1-3;1-3-2/h2-3H;(H3,1,2). The summed E-state index contributed by atoms with van der Waals surface area (Å²) in [4.78, 5) is 0. The van der Waals surface area contributed by atoms with Crippen molar-refractivity contribution in [1.29, 1.82) is 5.53 Å². The molecule has 0 rings (SSSR count). The van der Waals surface area contributed by atoms with Crippen molar-refractivity contribution in [2.75, 3.05) is 0 Å². The van der Waals surface area contributed by atoms with Gasteiger partial charge in [0.1, 0.15) is 0 Å². The molecule has 0 atom stereocenters. The van der Waals surface area contributed by atoms with Crippen LogP contribution in [0.3, 0.4) is 0 Å². The Kier molecular flexibility index (Phi) is 39.5. The molecule has 0 unspecified atom stereocenters. The van der Waals surface area contributed by atoms with Gasteiger partial charge < -0.3 is 15.9 Å². The van der Waals surface area contributed by atoms with Gasteiger partial charge in [0.15, 0.2) is 0 Å². The molecule has 0 aliphatic heterocycles. The average molecular weight is 89.9 g/mol. The van der Waals surface area contributed by atoms with Gasteiger partial charge in [0, 0.05) is 0 Å². The second kappa shape index (κ2) is 26.2. The molecule has 6 heteroatoms. The average Bonchev–Trinajstić information content (AvgIpc) is 1.39. The van der Waals surface area contributed by atoms with Gasteiger partial charge in [0.2, 0.25) is 0 Å². The highest BCUT2D eigenvalue weighted by atomic mass is 16.4. The number of nitrogens with one attached hydrogen (secondary N) is 1. The van der Waals surface area contributed by atoms with E-state index in [1.807, 2.05) is 0 Å². The number of nitrogens with zero attached hydrogens (tertiary/aromatic N) is 1. The quantitative estimate of drug-likeness (QED) is 0.124. The van der Waals surface area contributed by atoms with Gasteiger partial charge in [0.25, 0.3) is 0 Å². The molecular formula is H5BN3O2. The minimum Gasteiger partial charge on any atom is -0.429 e. The molecule has 0 bridgehead atoms. The predicted octanol–water partition coefficient (Wildman–Crippen LogP) is -1.60. The molecular weight excluding hydrogens is 84.8 g/mol. The van der Waals surface area contributed by atoms with E-state index in [-0.39, 0.29) is 7.69 Å². The van der Waals surface area contributed by atoms with E-state index in [2.05, 4.69) is 11.1 Å². The van der Waals surface area contributed by atoms with Crippen LogP contribution >= 0.6 is 0 Å². The first-order chi connectivity index (χ1) is 2.83. The summed E-state index contributed by atoms with van der Waals surface area (Å²) in [5, 5.41) is 16.2. The highest BCUT2D eigenvalue weighted by molar-refractivity contribution is 6.13. The molecule has 6 heavy (non-hydrogen) atoms. The highest BCUT2D eigenvalue weighted by Gasteiger charge is 1.51. The fourth-order valence-corrected chi connectivity index (χ4v) is 0. The van der Waals surface area contributed by atoms with Crippen LogP contribution in [-0.4, -0.2) is 17.7 Å². The zero-order valence-corrected chi connectivity index (χ0v) is 3.00. The molecule has 0 aromatic rings. The second-order valence-electron chi connectivity index (χ2n) is 0.245. The summed E-state index contributed by atoms with van der Waals surface area (Å²) in [6.07, 6.45) is 0. The first-order valence-electron chi connectivity index (χ1n) is 0.998. The van der Waals surface area contributed by atoms with Crippen molar-refractivity contribution >= 4 is 7.69 Å². The Hall–Kier alpha value is -0.615. The molecule has 0 aromatic heterocycles.